The van der Waals surface area contributed by atoms with E-state index in [0.29, 0.717) is 17.9 Å². The quantitative estimate of drug-likeness (QED) is 0.806. The zero-order valence-electron chi connectivity index (χ0n) is 13.7. The van der Waals surface area contributed by atoms with Crippen molar-refractivity contribution in [2.24, 2.45) is 11.8 Å². The minimum absolute atomic E-state index is 0.0701. The number of hydrogen-bond donors (Lipinski definition) is 2. The van der Waals surface area contributed by atoms with E-state index in [0.717, 1.165) is 23.3 Å². The summed E-state index contributed by atoms with van der Waals surface area (Å²) in [6.45, 7) is 0. The summed E-state index contributed by atoms with van der Waals surface area (Å²) in [4.78, 5) is 25.1. The fourth-order valence-corrected chi connectivity index (χ4v) is 4.27. The first kappa shape index (κ1) is 18.0. The topological polar surface area (TPSA) is 66.4 Å². The minimum atomic E-state index is -0.801. The molecule has 1 aromatic heterocycles. The van der Waals surface area contributed by atoms with Gasteiger partial charge in [0, 0.05) is 15.8 Å². The zero-order chi connectivity index (χ0) is 17.8. The van der Waals surface area contributed by atoms with Crippen LogP contribution in [-0.4, -0.2) is 17.0 Å². The van der Waals surface area contributed by atoms with E-state index in [1.807, 2.05) is 41.8 Å². The van der Waals surface area contributed by atoms with E-state index in [1.54, 1.807) is 11.3 Å². The fourth-order valence-electron chi connectivity index (χ4n) is 3.34. The number of rotatable bonds is 5. The van der Waals surface area contributed by atoms with Gasteiger partial charge in [-0.25, -0.2) is 0 Å². The summed E-state index contributed by atoms with van der Waals surface area (Å²) < 4.78 is 0. The van der Waals surface area contributed by atoms with Crippen LogP contribution < -0.4 is 5.32 Å². The second-order valence-corrected chi connectivity index (χ2v) is 7.82. The molecular weight excluding hydrogens is 358 g/mol. The number of carbonyl (C=O) groups excluding carboxylic acids is 1. The largest absolute Gasteiger partial charge is 0.481 e. The van der Waals surface area contributed by atoms with Crippen LogP contribution in [0.25, 0.3) is 0 Å². The van der Waals surface area contributed by atoms with Gasteiger partial charge in [0.25, 0.3) is 0 Å². The van der Waals surface area contributed by atoms with Crippen LogP contribution >= 0.6 is 22.9 Å². The average molecular weight is 378 g/mol. The molecule has 0 radical (unpaired) electrons. The van der Waals surface area contributed by atoms with Crippen LogP contribution in [-0.2, 0) is 9.59 Å². The third-order valence-corrected chi connectivity index (χ3v) is 5.90. The summed E-state index contributed by atoms with van der Waals surface area (Å²) in [6, 6.07) is 11.1. The molecule has 0 aliphatic heterocycles. The lowest BCUT2D eigenvalue weighted by atomic mass is 9.81. The molecule has 1 heterocycles. The first-order chi connectivity index (χ1) is 12.0. The van der Waals surface area contributed by atoms with Crippen LogP contribution in [0, 0.1) is 11.8 Å². The van der Waals surface area contributed by atoms with E-state index in [4.69, 9.17) is 11.6 Å². The molecule has 25 heavy (non-hydrogen) atoms. The van der Waals surface area contributed by atoms with Crippen molar-refractivity contribution in [2.75, 3.05) is 0 Å². The maximum Gasteiger partial charge on any atom is 0.306 e. The smallest absolute Gasteiger partial charge is 0.306 e. The maximum absolute atomic E-state index is 12.8. The van der Waals surface area contributed by atoms with Crippen LogP contribution in [0.5, 0.6) is 0 Å². The molecule has 3 rings (SSSR count). The van der Waals surface area contributed by atoms with Gasteiger partial charge in [0.1, 0.15) is 0 Å². The third kappa shape index (κ3) is 4.41. The molecule has 2 aromatic rings. The molecule has 4 nitrogen and oxygen atoms in total. The highest BCUT2D eigenvalue weighted by Crippen LogP contribution is 2.32. The Balaban J connectivity index is 1.77. The number of benzene rings is 1. The number of hydrogen-bond acceptors (Lipinski definition) is 3. The number of aliphatic carboxylic acids is 1. The Kier molecular flexibility index (Phi) is 5.76. The molecule has 3 unspecified atom stereocenters. The summed E-state index contributed by atoms with van der Waals surface area (Å²) in [5, 5.41) is 15.0. The Morgan fingerprint density at radius 2 is 1.88 bits per heavy atom. The van der Waals surface area contributed by atoms with Gasteiger partial charge in [-0.05, 0) is 48.4 Å². The van der Waals surface area contributed by atoms with E-state index in [9.17, 15) is 14.7 Å². The van der Waals surface area contributed by atoms with Gasteiger partial charge in [-0.15, -0.1) is 11.3 Å². The van der Waals surface area contributed by atoms with E-state index < -0.39 is 11.9 Å². The van der Waals surface area contributed by atoms with Crippen molar-refractivity contribution in [2.45, 2.75) is 31.7 Å². The molecule has 0 spiro atoms. The van der Waals surface area contributed by atoms with Crippen molar-refractivity contribution in [1.82, 2.24) is 5.32 Å². The molecule has 0 bridgehead atoms. The van der Waals surface area contributed by atoms with Gasteiger partial charge < -0.3 is 10.4 Å². The van der Waals surface area contributed by atoms with Crippen LogP contribution in [0.4, 0.5) is 0 Å². The molecule has 1 saturated carbocycles. The lowest BCUT2D eigenvalue weighted by Crippen LogP contribution is -2.37. The van der Waals surface area contributed by atoms with E-state index in [1.165, 1.54) is 0 Å². The average Bonchev–Trinajstić information content (AvgIpc) is 3.15. The van der Waals surface area contributed by atoms with Crippen LogP contribution in [0.3, 0.4) is 0 Å². The van der Waals surface area contributed by atoms with Crippen molar-refractivity contribution in [3.05, 3.63) is 57.2 Å². The van der Waals surface area contributed by atoms with Gasteiger partial charge in [-0.3, -0.25) is 9.59 Å². The molecule has 1 amide bonds. The molecule has 2 N–H and O–H groups in total. The Morgan fingerprint density at radius 3 is 2.52 bits per heavy atom. The molecule has 132 valence electrons. The predicted molar refractivity (Wildman–Crippen MR) is 98.8 cm³/mol. The minimum Gasteiger partial charge on any atom is -0.481 e. The Hall–Kier alpha value is -1.85. The lowest BCUT2D eigenvalue weighted by Gasteiger charge is -2.28. The number of carbonyl (C=O) groups is 2. The second kappa shape index (κ2) is 8.02. The first-order valence-corrected chi connectivity index (χ1v) is 9.62. The van der Waals surface area contributed by atoms with E-state index >= 15 is 0 Å². The number of thiophene rings is 1. The molecular formula is C19H20ClNO3S. The molecule has 3 atom stereocenters. The van der Waals surface area contributed by atoms with Crippen LogP contribution in [0.1, 0.15) is 42.2 Å². The number of carboxylic acids is 1. The highest BCUT2D eigenvalue weighted by Gasteiger charge is 2.32. The summed E-state index contributed by atoms with van der Waals surface area (Å²) in [5.74, 6) is -1.53. The number of amides is 1. The van der Waals surface area contributed by atoms with Crippen molar-refractivity contribution in [3.63, 3.8) is 0 Å². The molecule has 1 fully saturated rings. The Morgan fingerprint density at radius 1 is 1.16 bits per heavy atom. The van der Waals surface area contributed by atoms with Crippen LogP contribution in [0.15, 0.2) is 41.8 Å². The summed E-state index contributed by atoms with van der Waals surface area (Å²) in [5.41, 5.74) is 0.964. The molecule has 1 aromatic carbocycles. The Bertz CT molecular complexity index is 730. The molecule has 6 heteroatoms. The van der Waals surface area contributed by atoms with E-state index in [2.05, 4.69) is 5.32 Å². The summed E-state index contributed by atoms with van der Waals surface area (Å²) in [7, 11) is 0. The fraction of sp³-hybridized carbons (Fsp3) is 0.368. The van der Waals surface area contributed by atoms with Gasteiger partial charge in [0.05, 0.1) is 12.0 Å². The molecule has 0 saturated heterocycles. The molecule has 1 aliphatic carbocycles. The number of carboxylic acid groups (broad SMARTS) is 1. The SMILES string of the molecule is O=C(O)C1CCCC(C(=O)NC(c2ccc(Cl)cc2)c2cccs2)C1. The second-order valence-electron chi connectivity index (χ2n) is 6.41. The standard InChI is InChI=1S/C19H20ClNO3S/c20-15-8-6-12(7-9-15)17(16-5-2-10-25-16)21-18(22)13-3-1-4-14(11-13)19(23)24/h2,5-10,13-14,17H,1,3-4,11H2,(H,21,22)(H,23,24). The van der Waals surface area contributed by atoms with Gasteiger partial charge in [-0.2, -0.15) is 0 Å². The summed E-state index contributed by atoms with van der Waals surface area (Å²) >= 11 is 7.56. The molecule has 1 aliphatic rings. The summed E-state index contributed by atoms with van der Waals surface area (Å²) in [6.07, 6.45) is 2.59. The van der Waals surface area contributed by atoms with Gasteiger partial charge in [0.2, 0.25) is 5.91 Å². The maximum atomic E-state index is 12.8. The van der Waals surface area contributed by atoms with Gasteiger partial charge in [-0.1, -0.05) is 36.2 Å². The first-order valence-electron chi connectivity index (χ1n) is 8.36. The van der Waals surface area contributed by atoms with Gasteiger partial charge in [0.15, 0.2) is 0 Å². The van der Waals surface area contributed by atoms with Crippen molar-refractivity contribution in [3.8, 4) is 0 Å². The third-order valence-electron chi connectivity index (χ3n) is 4.71. The van der Waals surface area contributed by atoms with Crippen molar-refractivity contribution >= 4 is 34.8 Å². The monoisotopic (exact) mass is 377 g/mol. The normalized spacial score (nSPS) is 21.5. The van der Waals surface area contributed by atoms with Crippen molar-refractivity contribution < 1.29 is 14.7 Å². The Labute approximate surface area is 155 Å². The highest BCUT2D eigenvalue weighted by molar-refractivity contribution is 7.10. The zero-order valence-corrected chi connectivity index (χ0v) is 15.2. The van der Waals surface area contributed by atoms with E-state index in [-0.39, 0.29) is 17.9 Å². The lowest BCUT2D eigenvalue weighted by molar-refractivity contribution is -0.144. The van der Waals surface area contributed by atoms with Crippen molar-refractivity contribution in [1.29, 1.82) is 0 Å². The van der Waals surface area contributed by atoms with Crippen LogP contribution in [0.2, 0.25) is 5.02 Å². The highest BCUT2D eigenvalue weighted by atomic mass is 35.5. The number of halogens is 1. The number of nitrogens with one attached hydrogen (secondary N) is 1. The van der Waals surface area contributed by atoms with Gasteiger partial charge >= 0.3 is 5.97 Å². The predicted octanol–water partition coefficient (Wildman–Crippen LogP) is 4.50.